The highest BCUT2D eigenvalue weighted by Crippen LogP contribution is 2.16. The molecule has 1 amide bonds. The van der Waals surface area contributed by atoms with Crippen LogP contribution >= 0.6 is 22.7 Å². The van der Waals surface area contributed by atoms with Gasteiger partial charge in [0.2, 0.25) is 5.91 Å². The third-order valence-electron chi connectivity index (χ3n) is 4.72. The molecule has 2 aromatic rings. The lowest BCUT2D eigenvalue weighted by Crippen LogP contribution is -2.46. The minimum atomic E-state index is -0.515. The Balaban J connectivity index is 2.00. The normalized spacial score (nSPS) is 18.5. The van der Waals surface area contributed by atoms with Gasteiger partial charge in [-0.05, 0) is 61.6 Å². The molecule has 1 aliphatic heterocycles. The number of piperidine rings is 1. The lowest BCUT2D eigenvalue weighted by Gasteiger charge is -2.33. The molecule has 3 rings (SSSR count). The van der Waals surface area contributed by atoms with Crippen LogP contribution in [0.3, 0.4) is 0 Å². The molecule has 1 fully saturated rings. The number of esters is 1. The second-order valence-electron chi connectivity index (χ2n) is 6.73. The van der Waals surface area contributed by atoms with Gasteiger partial charge in [0.05, 0.1) is 17.2 Å². The summed E-state index contributed by atoms with van der Waals surface area (Å²) in [6.45, 7) is 4.66. The third-order valence-corrected chi connectivity index (χ3v) is 6.48. The van der Waals surface area contributed by atoms with Crippen LogP contribution in [0.15, 0.2) is 21.6 Å². The van der Waals surface area contributed by atoms with E-state index >= 15 is 0 Å². The molecular weight excluding hydrogens is 396 g/mol. The number of carbonyl (C=O) groups is 2. The molecular formula is C20H24N2O4S2. The molecule has 0 spiro atoms. The van der Waals surface area contributed by atoms with Crippen molar-refractivity contribution >= 4 is 46.7 Å². The predicted molar refractivity (Wildman–Crippen MR) is 112 cm³/mol. The molecule has 0 bridgehead atoms. The molecule has 1 saturated heterocycles. The summed E-state index contributed by atoms with van der Waals surface area (Å²) in [6.07, 6.45) is 6.16. The van der Waals surface area contributed by atoms with E-state index in [2.05, 4.69) is 0 Å². The summed E-state index contributed by atoms with van der Waals surface area (Å²) >= 11 is 2.74. The average Bonchev–Trinajstić information content (AvgIpc) is 3.26. The van der Waals surface area contributed by atoms with Crippen molar-refractivity contribution in [3.8, 4) is 0 Å². The Hall–Kier alpha value is -2.19. The van der Waals surface area contributed by atoms with Gasteiger partial charge in [0.15, 0.2) is 0 Å². The highest BCUT2D eigenvalue weighted by Gasteiger charge is 2.24. The zero-order chi connectivity index (χ0) is 20.1. The monoisotopic (exact) mass is 420 g/mol. The maximum Gasteiger partial charge on any atom is 0.333 e. The number of carbonyl (C=O) groups excluding carboxylic acids is 2. The number of hydrogen-bond acceptors (Lipinski definition) is 6. The van der Waals surface area contributed by atoms with E-state index in [4.69, 9.17) is 4.74 Å². The van der Waals surface area contributed by atoms with Crippen molar-refractivity contribution in [2.24, 2.45) is 0 Å². The maximum atomic E-state index is 13.0. The van der Waals surface area contributed by atoms with Gasteiger partial charge in [0.25, 0.3) is 5.56 Å². The minimum absolute atomic E-state index is 0.0671. The van der Waals surface area contributed by atoms with Crippen molar-refractivity contribution in [1.82, 2.24) is 9.47 Å². The van der Waals surface area contributed by atoms with Crippen molar-refractivity contribution in [2.45, 2.75) is 45.7 Å². The molecule has 0 aliphatic carbocycles. The van der Waals surface area contributed by atoms with Crippen molar-refractivity contribution in [3.05, 3.63) is 41.9 Å². The van der Waals surface area contributed by atoms with Crippen molar-refractivity contribution in [1.29, 1.82) is 0 Å². The maximum absolute atomic E-state index is 13.0. The van der Waals surface area contributed by atoms with Crippen LogP contribution in [-0.4, -0.2) is 40.5 Å². The van der Waals surface area contributed by atoms with Gasteiger partial charge in [-0.15, -0.1) is 11.3 Å². The van der Waals surface area contributed by atoms with Gasteiger partial charge in [-0.3, -0.25) is 14.2 Å². The molecule has 0 N–H and O–H groups in total. The fraction of sp³-hybridized carbons (Fsp3) is 0.450. The summed E-state index contributed by atoms with van der Waals surface area (Å²) in [5, 5.41) is 3.88. The molecule has 1 aliphatic rings. The Bertz CT molecular complexity index is 1000. The number of thiazole rings is 1. The molecule has 1 unspecified atom stereocenters. The van der Waals surface area contributed by atoms with E-state index in [0.717, 1.165) is 24.8 Å². The molecule has 150 valence electrons. The number of hydrogen-bond donors (Lipinski definition) is 0. The number of ether oxygens (including phenoxy) is 1. The first kappa shape index (κ1) is 20.5. The van der Waals surface area contributed by atoms with Crippen LogP contribution in [0.5, 0.6) is 0 Å². The summed E-state index contributed by atoms with van der Waals surface area (Å²) in [7, 11) is 0. The first-order valence-corrected chi connectivity index (χ1v) is 11.2. The van der Waals surface area contributed by atoms with Crippen LogP contribution in [-0.2, 0) is 20.9 Å². The number of rotatable bonds is 5. The van der Waals surface area contributed by atoms with Gasteiger partial charge in [-0.2, -0.15) is 11.3 Å². The molecule has 2 aromatic heterocycles. The summed E-state index contributed by atoms with van der Waals surface area (Å²) in [6, 6.07) is 2.09. The molecule has 28 heavy (non-hydrogen) atoms. The molecule has 0 saturated carbocycles. The highest BCUT2D eigenvalue weighted by atomic mass is 32.1. The van der Waals surface area contributed by atoms with Crippen LogP contribution < -0.4 is 14.8 Å². The van der Waals surface area contributed by atoms with E-state index in [-0.39, 0.29) is 30.7 Å². The molecule has 0 aromatic carbocycles. The second kappa shape index (κ2) is 9.34. The van der Waals surface area contributed by atoms with E-state index in [9.17, 15) is 14.4 Å². The summed E-state index contributed by atoms with van der Waals surface area (Å²) in [5.41, 5.74) is 0.666. The summed E-state index contributed by atoms with van der Waals surface area (Å²) < 4.78 is 7.31. The number of nitrogens with zero attached hydrogens (tertiary/aromatic N) is 2. The third kappa shape index (κ3) is 4.80. The van der Waals surface area contributed by atoms with Crippen LogP contribution in [0.25, 0.3) is 12.2 Å². The van der Waals surface area contributed by atoms with Gasteiger partial charge in [0.1, 0.15) is 11.2 Å². The van der Waals surface area contributed by atoms with E-state index in [0.29, 0.717) is 15.7 Å². The number of aromatic nitrogens is 1. The van der Waals surface area contributed by atoms with Crippen LogP contribution in [0.4, 0.5) is 0 Å². The quantitative estimate of drug-likeness (QED) is 0.689. The fourth-order valence-electron chi connectivity index (χ4n) is 3.28. The van der Waals surface area contributed by atoms with Crippen LogP contribution in [0, 0.1) is 0 Å². The van der Waals surface area contributed by atoms with Crippen molar-refractivity contribution in [3.63, 3.8) is 0 Å². The van der Waals surface area contributed by atoms with E-state index in [1.165, 1.54) is 22.0 Å². The number of amides is 1. The zero-order valence-corrected chi connectivity index (χ0v) is 17.7. The average molecular weight is 421 g/mol. The second-order valence-corrected chi connectivity index (χ2v) is 8.57. The first-order valence-electron chi connectivity index (χ1n) is 9.41. The minimum Gasteiger partial charge on any atom is -0.463 e. The highest BCUT2D eigenvalue weighted by molar-refractivity contribution is 7.08. The molecule has 6 nitrogen and oxygen atoms in total. The number of likely N-dealkylation sites (tertiary alicyclic amines) is 1. The molecule has 0 radical (unpaired) electrons. The summed E-state index contributed by atoms with van der Waals surface area (Å²) in [4.78, 5) is 39.6. The Morgan fingerprint density at radius 2 is 2.18 bits per heavy atom. The van der Waals surface area contributed by atoms with Gasteiger partial charge in [-0.1, -0.05) is 0 Å². The van der Waals surface area contributed by atoms with Gasteiger partial charge in [0, 0.05) is 12.6 Å². The van der Waals surface area contributed by atoms with E-state index in [1.807, 2.05) is 28.7 Å². The first-order chi connectivity index (χ1) is 13.5. The SMILES string of the molecule is CCOC(=O)C=c1sc(=Cc2ccsc2)c(=O)n1CC(=O)N1CCCCC1C. The number of thiophene rings is 1. The largest absolute Gasteiger partial charge is 0.463 e. The van der Waals surface area contributed by atoms with Crippen LogP contribution in [0.1, 0.15) is 38.7 Å². The fourth-order valence-corrected chi connectivity index (χ4v) is 4.93. The Morgan fingerprint density at radius 1 is 1.36 bits per heavy atom. The zero-order valence-electron chi connectivity index (χ0n) is 16.1. The topological polar surface area (TPSA) is 68.6 Å². The van der Waals surface area contributed by atoms with E-state index < -0.39 is 5.97 Å². The standard InChI is InChI=1S/C20H24N2O4S2/c1-3-26-19(24)11-18-22(12-17(23)21-8-5-4-6-14(21)2)20(25)16(28-18)10-15-7-9-27-13-15/h7,9-11,13-14H,3-6,8,12H2,1-2H3. The molecule has 3 heterocycles. The predicted octanol–water partition coefficient (Wildman–Crippen LogP) is 1.54. The smallest absolute Gasteiger partial charge is 0.333 e. The molecule has 1 atom stereocenters. The molecule has 8 heteroatoms. The van der Waals surface area contributed by atoms with Crippen molar-refractivity contribution in [2.75, 3.05) is 13.2 Å². The summed E-state index contributed by atoms with van der Waals surface area (Å²) in [5.74, 6) is -0.605. The van der Waals surface area contributed by atoms with Crippen LogP contribution in [0.2, 0.25) is 0 Å². The van der Waals surface area contributed by atoms with E-state index in [1.54, 1.807) is 24.3 Å². The Kier molecular flexibility index (Phi) is 6.85. The van der Waals surface area contributed by atoms with Crippen molar-refractivity contribution < 1.29 is 14.3 Å². The lowest BCUT2D eigenvalue weighted by molar-refractivity contribution is -0.136. The van der Waals surface area contributed by atoms with Gasteiger partial charge in [-0.25, -0.2) is 4.79 Å². The lowest BCUT2D eigenvalue weighted by atomic mass is 10.0. The Labute approximate surface area is 171 Å². The van der Waals surface area contributed by atoms with Gasteiger partial charge >= 0.3 is 5.97 Å². The van der Waals surface area contributed by atoms with Gasteiger partial charge < -0.3 is 9.64 Å². The Morgan fingerprint density at radius 3 is 2.86 bits per heavy atom.